The number of halogens is 4. The molecule has 9 heteroatoms. The first-order valence-corrected chi connectivity index (χ1v) is 5.96. The van der Waals surface area contributed by atoms with E-state index in [1.807, 2.05) is 0 Å². The van der Waals surface area contributed by atoms with Crippen molar-refractivity contribution in [3.05, 3.63) is 48.7 Å². The topological polar surface area (TPSA) is 61.0 Å². The van der Waals surface area contributed by atoms with Gasteiger partial charge in [0.15, 0.2) is 0 Å². The molecule has 0 aliphatic heterocycles. The first kappa shape index (κ1) is 13.4. The molecule has 0 spiro atoms. The van der Waals surface area contributed by atoms with Gasteiger partial charge < -0.3 is 0 Å². The molecular formula is C9H3Cl4N3O2. The fraction of sp³-hybridized carbons (Fsp3) is 0. The molecule has 0 fully saturated rings. The van der Waals surface area contributed by atoms with Gasteiger partial charge in [0.1, 0.15) is 6.20 Å². The zero-order valence-corrected chi connectivity index (χ0v) is 11.4. The third-order valence-electron chi connectivity index (χ3n) is 2.13. The summed E-state index contributed by atoms with van der Waals surface area (Å²) < 4.78 is 1.12. The fourth-order valence-corrected chi connectivity index (χ4v) is 2.16. The summed E-state index contributed by atoms with van der Waals surface area (Å²) in [5.74, 6) is 0. The van der Waals surface area contributed by atoms with Crippen molar-refractivity contribution in [2.24, 2.45) is 0 Å². The molecule has 1 heterocycles. The molecular weight excluding hydrogens is 324 g/mol. The Kier molecular flexibility index (Phi) is 3.68. The van der Waals surface area contributed by atoms with Gasteiger partial charge in [-0.1, -0.05) is 46.4 Å². The molecule has 0 unspecified atom stereocenters. The van der Waals surface area contributed by atoms with Crippen LogP contribution in [-0.2, 0) is 0 Å². The van der Waals surface area contributed by atoms with E-state index in [1.54, 1.807) is 0 Å². The van der Waals surface area contributed by atoms with Crippen molar-refractivity contribution < 1.29 is 4.92 Å². The van der Waals surface area contributed by atoms with Crippen LogP contribution in [0, 0.1) is 10.1 Å². The number of benzene rings is 1. The van der Waals surface area contributed by atoms with Gasteiger partial charge in [-0.2, -0.15) is 5.10 Å². The van der Waals surface area contributed by atoms with Crippen molar-refractivity contribution in [3.63, 3.8) is 0 Å². The molecule has 2 rings (SSSR count). The predicted octanol–water partition coefficient (Wildman–Crippen LogP) is 4.39. The average Bonchev–Trinajstić information content (AvgIpc) is 2.69. The first-order valence-electron chi connectivity index (χ1n) is 4.45. The Bertz CT molecular complexity index is 641. The van der Waals surface area contributed by atoms with Crippen LogP contribution in [0.1, 0.15) is 0 Å². The van der Waals surface area contributed by atoms with Gasteiger partial charge in [0.2, 0.25) is 5.15 Å². The van der Waals surface area contributed by atoms with Gasteiger partial charge in [-0.15, -0.1) is 0 Å². The normalized spacial score (nSPS) is 10.7. The summed E-state index contributed by atoms with van der Waals surface area (Å²) in [6, 6.07) is 3.01. The molecule has 94 valence electrons. The molecule has 0 N–H and O–H groups in total. The predicted molar refractivity (Wildman–Crippen MR) is 70.3 cm³/mol. The zero-order chi connectivity index (χ0) is 13.4. The Balaban J connectivity index is 2.63. The second kappa shape index (κ2) is 4.93. The van der Waals surface area contributed by atoms with Crippen molar-refractivity contribution in [1.29, 1.82) is 0 Å². The highest BCUT2D eigenvalue weighted by molar-refractivity contribution is 6.48. The Morgan fingerprint density at radius 1 is 1.17 bits per heavy atom. The van der Waals surface area contributed by atoms with Crippen molar-refractivity contribution in [3.8, 4) is 5.69 Å². The molecule has 2 aromatic rings. The SMILES string of the molecule is O=[N+]([O-])c1cnn(-c2ccc(Cl)c(Cl)c2Cl)c1Cl. The number of nitro groups is 1. The maximum atomic E-state index is 10.7. The second-order valence-corrected chi connectivity index (χ2v) is 4.71. The van der Waals surface area contributed by atoms with Crippen LogP contribution in [0.5, 0.6) is 0 Å². The van der Waals surface area contributed by atoms with Crippen LogP contribution in [-0.4, -0.2) is 14.7 Å². The highest BCUT2D eigenvalue weighted by Gasteiger charge is 2.21. The van der Waals surface area contributed by atoms with Gasteiger partial charge in [0.25, 0.3) is 0 Å². The number of rotatable bonds is 2. The summed E-state index contributed by atoms with van der Waals surface area (Å²) in [4.78, 5) is 10.0. The van der Waals surface area contributed by atoms with Gasteiger partial charge in [-0.05, 0) is 12.1 Å². The first-order chi connectivity index (χ1) is 8.43. The molecule has 5 nitrogen and oxygen atoms in total. The fourth-order valence-electron chi connectivity index (χ4n) is 1.29. The minimum atomic E-state index is -0.642. The smallest absolute Gasteiger partial charge is 0.258 e. The Morgan fingerprint density at radius 2 is 1.83 bits per heavy atom. The summed E-state index contributed by atoms with van der Waals surface area (Å²) in [5.41, 5.74) is -0.0111. The molecule has 0 atom stereocenters. The van der Waals surface area contributed by atoms with Gasteiger partial charge in [0.05, 0.1) is 25.7 Å². The maximum absolute atomic E-state index is 10.7. The highest BCUT2D eigenvalue weighted by Crippen LogP contribution is 2.36. The van der Waals surface area contributed by atoms with Gasteiger partial charge in [-0.25, -0.2) is 4.68 Å². The van der Waals surface area contributed by atoms with Gasteiger partial charge >= 0.3 is 5.69 Å². The molecule has 0 saturated heterocycles. The maximum Gasteiger partial charge on any atom is 0.326 e. The molecule has 1 aromatic heterocycles. The van der Waals surface area contributed by atoms with Crippen LogP contribution in [0.2, 0.25) is 20.2 Å². The summed E-state index contributed by atoms with van der Waals surface area (Å²) in [7, 11) is 0. The summed E-state index contributed by atoms with van der Waals surface area (Å²) in [6.07, 6.45) is 1.03. The number of nitrogens with zero attached hydrogens (tertiary/aromatic N) is 3. The van der Waals surface area contributed by atoms with E-state index in [1.165, 1.54) is 12.1 Å². The Labute approximate surface area is 121 Å². The summed E-state index contributed by atoms with van der Waals surface area (Å²) in [5, 5.41) is 14.8. The third kappa shape index (κ3) is 2.14. The van der Waals surface area contributed by atoms with E-state index in [9.17, 15) is 10.1 Å². The van der Waals surface area contributed by atoms with Crippen molar-refractivity contribution in [2.45, 2.75) is 0 Å². The average molecular weight is 327 g/mol. The lowest BCUT2D eigenvalue weighted by molar-refractivity contribution is -0.384. The lowest BCUT2D eigenvalue weighted by atomic mass is 10.3. The molecule has 0 bridgehead atoms. The molecule has 0 aliphatic rings. The van der Waals surface area contributed by atoms with E-state index in [0.29, 0.717) is 5.69 Å². The lowest BCUT2D eigenvalue weighted by Crippen LogP contribution is -1.98. The quantitative estimate of drug-likeness (QED) is 0.467. The molecule has 0 radical (unpaired) electrons. The minimum Gasteiger partial charge on any atom is -0.258 e. The van der Waals surface area contributed by atoms with Crippen LogP contribution in [0.25, 0.3) is 5.69 Å². The lowest BCUT2D eigenvalue weighted by Gasteiger charge is -2.07. The van der Waals surface area contributed by atoms with Crippen LogP contribution < -0.4 is 0 Å². The number of aromatic nitrogens is 2. The zero-order valence-electron chi connectivity index (χ0n) is 8.40. The van der Waals surface area contributed by atoms with E-state index in [-0.39, 0.29) is 25.9 Å². The second-order valence-electron chi connectivity index (χ2n) is 3.18. The molecule has 18 heavy (non-hydrogen) atoms. The van der Waals surface area contributed by atoms with E-state index in [4.69, 9.17) is 46.4 Å². The monoisotopic (exact) mass is 325 g/mol. The molecule has 0 aliphatic carbocycles. The van der Waals surface area contributed by atoms with E-state index < -0.39 is 4.92 Å². The van der Waals surface area contributed by atoms with E-state index in [2.05, 4.69) is 5.10 Å². The Hall–Kier alpha value is -1.01. The van der Waals surface area contributed by atoms with E-state index >= 15 is 0 Å². The summed E-state index contributed by atoms with van der Waals surface area (Å²) in [6.45, 7) is 0. The Morgan fingerprint density at radius 3 is 2.39 bits per heavy atom. The van der Waals surface area contributed by atoms with Crippen LogP contribution in [0.3, 0.4) is 0 Å². The van der Waals surface area contributed by atoms with Crippen molar-refractivity contribution in [2.75, 3.05) is 0 Å². The number of hydrogen-bond donors (Lipinski definition) is 0. The van der Waals surface area contributed by atoms with Gasteiger partial charge in [-0.3, -0.25) is 10.1 Å². The van der Waals surface area contributed by atoms with Crippen LogP contribution in [0.15, 0.2) is 18.3 Å². The van der Waals surface area contributed by atoms with Crippen molar-refractivity contribution in [1.82, 2.24) is 9.78 Å². The van der Waals surface area contributed by atoms with Gasteiger partial charge in [0, 0.05) is 0 Å². The van der Waals surface area contributed by atoms with Crippen molar-refractivity contribution >= 4 is 52.1 Å². The highest BCUT2D eigenvalue weighted by atomic mass is 35.5. The molecule has 0 amide bonds. The third-order valence-corrected chi connectivity index (χ3v) is 3.77. The van der Waals surface area contributed by atoms with Crippen LogP contribution >= 0.6 is 46.4 Å². The molecule has 1 aromatic carbocycles. The number of hydrogen-bond acceptors (Lipinski definition) is 3. The largest absolute Gasteiger partial charge is 0.326 e. The standard InChI is InChI=1S/C9H3Cl4N3O2/c10-4-1-2-5(8(12)7(4)11)15-9(13)6(3-14-15)16(17)18/h1-3H. The molecule has 0 saturated carbocycles. The minimum absolute atomic E-state index is 0.115. The summed E-state index contributed by atoms with van der Waals surface area (Å²) >= 11 is 23.5. The van der Waals surface area contributed by atoms with E-state index in [0.717, 1.165) is 10.9 Å². The van der Waals surface area contributed by atoms with Crippen LogP contribution in [0.4, 0.5) is 5.69 Å².